The number of carbonyl (C=O) groups is 1. The van der Waals surface area contributed by atoms with E-state index in [0.29, 0.717) is 24.6 Å². The molecule has 0 saturated heterocycles. The van der Waals surface area contributed by atoms with Crippen LogP contribution in [0.1, 0.15) is 46.1 Å². The number of imidazole rings is 1. The van der Waals surface area contributed by atoms with Crippen molar-refractivity contribution in [2.45, 2.75) is 25.2 Å². The number of hydrogen-bond donors (Lipinski definition) is 3. The third kappa shape index (κ3) is 7.61. The summed E-state index contributed by atoms with van der Waals surface area (Å²) in [5, 5.41) is 6.30. The van der Waals surface area contributed by atoms with Gasteiger partial charge in [0.15, 0.2) is 5.96 Å². The maximum absolute atomic E-state index is 12.8. The molecule has 3 N–H and O–H groups in total. The molecule has 1 unspecified atom stereocenters. The SMILES string of the molecule is O=C(NC(=NCCCc1cnc[nH]1)NCCC(c1ccc(Br)cc1)c1ccccn1)c1ccccc1. The van der Waals surface area contributed by atoms with Crippen molar-refractivity contribution in [2.24, 2.45) is 4.99 Å². The summed E-state index contributed by atoms with van der Waals surface area (Å²) in [6, 6.07) is 23.5. The first-order chi connectivity index (χ1) is 17.7. The predicted octanol–water partition coefficient (Wildman–Crippen LogP) is 5.10. The van der Waals surface area contributed by atoms with Gasteiger partial charge in [-0.1, -0.05) is 52.3 Å². The number of guanidine groups is 1. The summed E-state index contributed by atoms with van der Waals surface area (Å²) < 4.78 is 1.04. The molecule has 36 heavy (non-hydrogen) atoms. The molecule has 4 rings (SSSR count). The summed E-state index contributed by atoms with van der Waals surface area (Å²) in [4.78, 5) is 29.2. The number of nitrogens with zero attached hydrogens (tertiary/aromatic N) is 3. The maximum atomic E-state index is 12.8. The molecule has 4 aromatic rings. The molecule has 2 heterocycles. The highest BCUT2D eigenvalue weighted by Gasteiger charge is 2.16. The monoisotopic (exact) mass is 544 g/mol. The Morgan fingerprint density at radius 1 is 1.03 bits per heavy atom. The minimum atomic E-state index is -0.190. The second-order valence-electron chi connectivity index (χ2n) is 8.31. The molecule has 7 nitrogen and oxygen atoms in total. The van der Waals surface area contributed by atoms with Crippen LogP contribution in [0.5, 0.6) is 0 Å². The van der Waals surface area contributed by atoms with Crippen LogP contribution in [0.3, 0.4) is 0 Å². The highest BCUT2D eigenvalue weighted by molar-refractivity contribution is 9.10. The molecule has 184 valence electrons. The van der Waals surface area contributed by atoms with Gasteiger partial charge >= 0.3 is 0 Å². The van der Waals surface area contributed by atoms with Gasteiger partial charge in [0.05, 0.1) is 6.33 Å². The van der Waals surface area contributed by atoms with Crippen LogP contribution in [-0.4, -0.2) is 39.9 Å². The number of pyridine rings is 1. The zero-order valence-electron chi connectivity index (χ0n) is 19.9. The number of carbonyl (C=O) groups excluding carboxylic acids is 1. The number of amides is 1. The molecule has 0 bridgehead atoms. The van der Waals surface area contributed by atoms with Gasteiger partial charge < -0.3 is 10.3 Å². The van der Waals surface area contributed by atoms with Crippen molar-refractivity contribution in [1.82, 2.24) is 25.6 Å². The van der Waals surface area contributed by atoms with E-state index in [2.05, 4.69) is 58.6 Å². The number of hydrogen-bond acceptors (Lipinski definition) is 4. The minimum Gasteiger partial charge on any atom is -0.356 e. The molecule has 0 saturated carbocycles. The average molecular weight is 545 g/mol. The van der Waals surface area contributed by atoms with E-state index in [1.54, 1.807) is 18.5 Å². The number of benzene rings is 2. The van der Waals surface area contributed by atoms with Crippen LogP contribution in [0, 0.1) is 0 Å². The highest BCUT2D eigenvalue weighted by Crippen LogP contribution is 2.27. The third-order valence-electron chi connectivity index (χ3n) is 5.74. The Hall–Kier alpha value is -3.78. The standard InChI is InChI=1S/C28H29BrN6O/c29-23-13-11-21(12-14-23)25(26-10-4-5-16-31-26)15-18-33-28(32-17-6-9-24-19-30-20-34-24)35-27(36)22-7-2-1-3-8-22/h1-5,7-8,10-14,16,19-20,25H,6,9,15,17-18H2,(H,30,34)(H2,32,33,35,36). The molecule has 0 spiro atoms. The number of aryl methyl sites for hydroxylation is 1. The number of aromatic nitrogens is 3. The van der Waals surface area contributed by atoms with E-state index in [-0.39, 0.29) is 11.8 Å². The van der Waals surface area contributed by atoms with Crippen molar-refractivity contribution in [3.63, 3.8) is 0 Å². The quantitative estimate of drug-likeness (QED) is 0.147. The van der Waals surface area contributed by atoms with Gasteiger partial charge in [0, 0.05) is 52.8 Å². The molecule has 2 aromatic carbocycles. The van der Waals surface area contributed by atoms with Crippen LogP contribution in [0.25, 0.3) is 0 Å². The van der Waals surface area contributed by atoms with Gasteiger partial charge in [0.2, 0.25) is 0 Å². The number of aromatic amines is 1. The Morgan fingerprint density at radius 3 is 2.56 bits per heavy atom. The summed E-state index contributed by atoms with van der Waals surface area (Å²) in [6.07, 6.45) is 7.78. The minimum absolute atomic E-state index is 0.109. The summed E-state index contributed by atoms with van der Waals surface area (Å²) in [7, 11) is 0. The Kier molecular flexibility index (Phi) is 9.39. The zero-order chi connectivity index (χ0) is 25.0. The molecule has 0 fully saturated rings. The lowest BCUT2D eigenvalue weighted by Crippen LogP contribution is -2.42. The van der Waals surface area contributed by atoms with E-state index >= 15 is 0 Å². The average Bonchev–Trinajstić information content (AvgIpc) is 3.44. The Morgan fingerprint density at radius 2 is 1.83 bits per heavy atom. The lowest BCUT2D eigenvalue weighted by atomic mass is 9.92. The first-order valence-corrected chi connectivity index (χ1v) is 12.8. The third-order valence-corrected chi connectivity index (χ3v) is 6.27. The number of H-pyrrole nitrogens is 1. The van der Waals surface area contributed by atoms with Crippen LogP contribution in [0.4, 0.5) is 0 Å². The van der Waals surface area contributed by atoms with Crippen molar-refractivity contribution in [1.29, 1.82) is 0 Å². The van der Waals surface area contributed by atoms with Crippen LogP contribution in [0.2, 0.25) is 0 Å². The zero-order valence-corrected chi connectivity index (χ0v) is 21.5. The highest BCUT2D eigenvalue weighted by atomic mass is 79.9. The van der Waals surface area contributed by atoms with E-state index in [4.69, 9.17) is 0 Å². The smallest absolute Gasteiger partial charge is 0.257 e. The van der Waals surface area contributed by atoms with Crippen LogP contribution < -0.4 is 10.6 Å². The van der Waals surface area contributed by atoms with Crippen molar-refractivity contribution < 1.29 is 4.79 Å². The first-order valence-electron chi connectivity index (χ1n) is 12.0. The van der Waals surface area contributed by atoms with E-state index < -0.39 is 0 Å². The Balaban J connectivity index is 1.43. The van der Waals surface area contributed by atoms with Crippen LogP contribution in [-0.2, 0) is 6.42 Å². The van der Waals surface area contributed by atoms with Crippen LogP contribution in [0.15, 0.2) is 101 Å². The fourth-order valence-electron chi connectivity index (χ4n) is 3.89. The summed E-state index contributed by atoms with van der Waals surface area (Å²) in [6.45, 7) is 1.19. The molecule has 0 aliphatic heterocycles. The molecular weight excluding hydrogens is 516 g/mol. The predicted molar refractivity (Wildman–Crippen MR) is 146 cm³/mol. The molecule has 8 heteroatoms. The second kappa shape index (κ2) is 13.3. The Labute approximate surface area is 219 Å². The molecule has 0 aliphatic carbocycles. The van der Waals surface area contributed by atoms with E-state index in [9.17, 15) is 4.79 Å². The molecule has 2 aromatic heterocycles. The van der Waals surface area contributed by atoms with E-state index in [0.717, 1.165) is 35.1 Å². The number of nitrogens with one attached hydrogen (secondary N) is 3. The van der Waals surface area contributed by atoms with E-state index in [1.807, 2.05) is 60.9 Å². The lowest BCUT2D eigenvalue weighted by molar-refractivity contribution is 0.0975. The van der Waals surface area contributed by atoms with Crippen molar-refractivity contribution in [2.75, 3.05) is 13.1 Å². The number of halogens is 1. The molecular formula is C28H29BrN6O. The van der Waals surface area contributed by atoms with Gasteiger partial charge in [0.1, 0.15) is 0 Å². The van der Waals surface area contributed by atoms with Gasteiger partial charge in [-0.25, -0.2) is 4.98 Å². The Bertz CT molecular complexity index is 1230. The van der Waals surface area contributed by atoms with Gasteiger partial charge in [-0.15, -0.1) is 0 Å². The molecule has 1 amide bonds. The summed E-state index contributed by atoms with van der Waals surface area (Å²) >= 11 is 3.52. The fraction of sp³-hybridized carbons (Fsp3) is 0.214. The van der Waals surface area contributed by atoms with Gasteiger partial charge in [-0.3, -0.25) is 20.1 Å². The van der Waals surface area contributed by atoms with Gasteiger partial charge in [0.25, 0.3) is 5.91 Å². The first kappa shape index (κ1) is 25.3. The molecule has 0 aliphatic rings. The molecule has 1 atom stereocenters. The van der Waals surface area contributed by atoms with Crippen molar-refractivity contribution in [3.05, 3.63) is 119 Å². The van der Waals surface area contributed by atoms with Gasteiger partial charge in [-0.05, 0) is 61.2 Å². The number of rotatable bonds is 10. The van der Waals surface area contributed by atoms with Crippen molar-refractivity contribution >= 4 is 27.8 Å². The normalized spacial score (nSPS) is 12.2. The van der Waals surface area contributed by atoms with Crippen molar-refractivity contribution in [3.8, 4) is 0 Å². The van der Waals surface area contributed by atoms with E-state index in [1.165, 1.54) is 5.56 Å². The topological polar surface area (TPSA) is 95.1 Å². The second-order valence-corrected chi connectivity index (χ2v) is 9.22. The summed E-state index contributed by atoms with van der Waals surface area (Å²) in [5.74, 6) is 0.395. The largest absolute Gasteiger partial charge is 0.356 e. The van der Waals surface area contributed by atoms with Gasteiger partial charge in [-0.2, -0.15) is 0 Å². The summed E-state index contributed by atoms with van der Waals surface area (Å²) in [5.41, 5.74) is 3.85. The number of aliphatic imine (C=N–C) groups is 1. The maximum Gasteiger partial charge on any atom is 0.257 e. The fourth-order valence-corrected chi connectivity index (χ4v) is 4.15. The molecule has 0 radical (unpaired) electrons. The van der Waals surface area contributed by atoms with Crippen LogP contribution >= 0.6 is 15.9 Å². The lowest BCUT2D eigenvalue weighted by Gasteiger charge is -2.19.